The molecular weight excluding hydrogens is 332 g/mol. The number of carbonyl (C=O) groups is 1. The summed E-state index contributed by atoms with van der Waals surface area (Å²) >= 11 is 0. The minimum atomic E-state index is -1.07. The van der Waals surface area contributed by atoms with E-state index in [4.69, 9.17) is 9.84 Å². The van der Waals surface area contributed by atoms with E-state index in [1.54, 1.807) is 0 Å². The second-order valence-corrected chi connectivity index (χ2v) is 5.52. The number of aromatic carboxylic acids is 1. The summed E-state index contributed by atoms with van der Waals surface area (Å²) in [6.07, 6.45) is 1.65. The van der Waals surface area contributed by atoms with E-state index in [9.17, 15) is 10.0 Å². The molecule has 0 aliphatic rings. The highest BCUT2D eigenvalue weighted by Gasteiger charge is 2.12. The summed E-state index contributed by atoms with van der Waals surface area (Å²) in [6, 6.07) is 19.5. The van der Waals surface area contributed by atoms with Crippen LogP contribution in [0.5, 0.6) is 11.5 Å². The Kier molecular flexibility index (Phi) is 5.24. The van der Waals surface area contributed by atoms with Crippen LogP contribution in [0.2, 0.25) is 0 Å². The van der Waals surface area contributed by atoms with E-state index in [1.165, 1.54) is 18.3 Å². The van der Waals surface area contributed by atoms with Gasteiger partial charge >= 0.3 is 5.97 Å². The van der Waals surface area contributed by atoms with Crippen LogP contribution < -0.4 is 4.74 Å². The normalized spacial score (nSPS) is 11.2. The third-order valence-electron chi connectivity index (χ3n) is 3.67. The third-order valence-corrected chi connectivity index (χ3v) is 3.67. The van der Waals surface area contributed by atoms with Gasteiger partial charge in [0, 0.05) is 12.6 Å². The maximum absolute atomic E-state index is 11.1. The first-order chi connectivity index (χ1) is 12.7. The number of hydrogen-bond donors (Lipinski definition) is 2. The Morgan fingerprint density at radius 1 is 1.00 bits per heavy atom. The van der Waals surface area contributed by atoms with Crippen LogP contribution >= 0.6 is 0 Å². The van der Waals surface area contributed by atoms with Gasteiger partial charge in [0.05, 0.1) is 11.3 Å². The first-order valence-corrected chi connectivity index (χ1v) is 7.88. The molecule has 0 atom stereocenters. The summed E-state index contributed by atoms with van der Waals surface area (Å²) in [5.41, 5.74) is 1.50. The molecule has 0 saturated heterocycles. The number of hydrogen-bond acceptors (Lipinski definition) is 5. The molecule has 3 aromatic rings. The van der Waals surface area contributed by atoms with Crippen LogP contribution in [0.1, 0.15) is 21.6 Å². The van der Waals surface area contributed by atoms with E-state index in [2.05, 4.69) is 10.1 Å². The largest absolute Gasteiger partial charge is 0.478 e. The SMILES string of the molecule is O=C(O)c1ccnc(/C(Cc2cccc(Oc3ccccc3)c2)=N/O)c1. The molecule has 0 aliphatic carbocycles. The average molecular weight is 348 g/mol. The Morgan fingerprint density at radius 2 is 1.77 bits per heavy atom. The minimum absolute atomic E-state index is 0.0808. The first-order valence-electron chi connectivity index (χ1n) is 7.88. The van der Waals surface area contributed by atoms with Crippen LogP contribution in [0.25, 0.3) is 0 Å². The molecule has 0 spiro atoms. The lowest BCUT2D eigenvalue weighted by atomic mass is 10.0. The molecule has 1 heterocycles. The molecule has 3 rings (SSSR count). The third kappa shape index (κ3) is 4.24. The van der Waals surface area contributed by atoms with E-state index >= 15 is 0 Å². The molecule has 0 aliphatic heterocycles. The van der Waals surface area contributed by atoms with Crippen molar-refractivity contribution < 1.29 is 19.8 Å². The summed E-state index contributed by atoms with van der Waals surface area (Å²) < 4.78 is 5.79. The van der Waals surface area contributed by atoms with E-state index < -0.39 is 5.97 Å². The zero-order chi connectivity index (χ0) is 18.4. The standard InChI is InChI=1S/C20H16N2O4/c23-20(24)15-9-10-21-18(13-15)19(22-25)12-14-5-4-8-17(11-14)26-16-6-2-1-3-7-16/h1-11,13,25H,12H2,(H,23,24)/b22-19+. The molecule has 1 aromatic heterocycles. The number of carboxylic acid groups (broad SMARTS) is 1. The lowest BCUT2D eigenvalue weighted by Gasteiger charge is -2.09. The molecular formula is C20H16N2O4. The van der Waals surface area contributed by atoms with Crippen molar-refractivity contribution in [3.05, 3.63) is 89.7 Å². The minimum Gasteiger partial charge on any atom is -0.478 e. The van der Waals surface area contributed by atoms with Crippen molar-refractivity contribution in [1.82, 2.24) is 4.98 Å². The first kappa shape index (κ1) is 17.2. The van der Waals surface area contributed by atoms with Crippen molar-refractivity contribution in [3.63, 3.8) is 0 Å². The Morgan fingerprint density at radius 3 is 2.50 bits per heavy atom. The van der Waals surface area contributed by atoms with E-state index in [0.29, 0.717) is 11.4 Å². The monoisotopic (exact) mass is 348 g/mol. The summed E-state index contributed by atoms with van der Waals surface area (Å²) in [7, 11) is 0. The number of rotatable bonds is 6. The van der Waals surface area contributed by atoms with Crippen LogP contribution in [0.3, 0.4) is 0 Å². The Bertz CT molecular complexity index is 939. The van der Waals surface area contributed by atoms with Crippen LogP contribution in [0.15, 0.2) is 78.1 Å². The van der Waals surface area contributed by atoms with Gasteiger partial charge in [-0.1, -0.05) is 35.5 Å². The fraction of sp³-hybridized carbons (Fsp3) is 0.0500. The molecule has 0 fully saturated rings. The van der Waals surface area contributed by atoms with Gasteiger partial charge < -0.3 is 15.1 Å². The molecule has 6 nitrogen and oxygen atoms in total. The topological polar surface area (TPSA) is 92.0 Å². The second kappa shape index (κ2) is 7.94. The van der Waals surface area contributed by atoms with Crippen LogP contribution in [-0.2, 0) is 6.42 Å². The number of para-hydroxylation sites is 1. The summed E-state index contributed by atoms with van der Waals surface area (Å²) in [6.45, 7) is 0. The Hall–Kier alpha value is -3.67. The molecule has 0 amide bonds. The Balaban J connectivity index is 1.80. The number of benzene rings is 2. The van der Waals surface area contributed by atoms with Crippen molar-refractivity contribution in [2.24, 2.45) is 5.16 Å². The molecule has 6 heteroatoms. The highest BCUT2D eigenvalue weighted by atomic mass is 16.5. The molecule has 0 unspecified atom stereocenters. The number of nitrogens with zero attached hydrogens (tertiary/aromatic N) is 2. The molecule has 0 radical (unpaired) electrons. The maximum Gasteiger partial charge on any atom is 0.335 e. The fourth-order valence-electron chi connectivity index (χ4n) is 2.44. The number of oxime groups is 1. The maximum atomic E-state index is 11.1. The van der Waals surface area contributed by atoms with Crippen molar-refractivity contribution in [2.45, 2.75) is 6.42 Å². The van der Waals surface area contributed by atoms with Crippen molar-refractivity contribution in [1.29, 1.82) is 0 Å². The zero-order valence-corrected chi connectivity index (χ0v) is 13.7. The predicted molar refractivity (Wildman–Crippen MR) is 96.2 cm³/mol. The molecule has 26 heavy (non-hydrogen) atoms. The summed E-state index contributed by atoms with van der Waals surface area (Å²) in [5, 5.41) is 21.7. The highest BCUT2D eigenvalue weighted by molar-refractivity contribution is 6.01. The van der Waals surface area contributed by atoms with Crippen LogP contribution in [0, 0.1) is 0 Å². The van der Waals surface area contributed by atoms with Crippen LogP contribution in [-0.4, -0.2) is 27.0 Å². The van der Waals surface area contributed by atoms with Crippen molar-refractivity contribution in [2.75, 3.05) is 0 Å². The zero-order valence-electron chi connectivity index (χ0n) is 13.7. The average Bonchev–Trinajstić information content (AvgIpc) is 2.67. The molecule has 2 N–H and O–H groups in total. The number of aromatic nitrogens is 1. The van der Waals surface area contributed by atoms with Crippen molar-refractivity contribution >= 4 is 11.7 Å². The molecule has 0 saturated carbocycles. The molecule has 2 aromatic carbocycles. The molecule has 0 bridgehead atoms. The van der Waals surface area contributed by atoms with E-state index in [1.807, 2.05) is 54.6 Å². The number of pyridine rings is 1. The fourth-order valence-corrected chi connectivity index (χ4v) is 2.44. The van der Waals surface area contributed by atoms with Gasteiger partial charge in [-0.05, 0) is 42.0 Å². The van der Waals surface area contributed by atoms with E-state index in [-0.39, 0.29) is 17.7 Å². The van der Waals surface area contributed by atoms with Gasteiger partial charge in [0.2, 0.25) is 0 Å². The highest BCUT2D eigenvalue weighted by Crippen LogP contribution is 2.22. The lowest BCUT2D eigenvalue weighted by molar-refractivity contribution is 0.0696. The quantitative estimate of drug-likeness (QED) is 0.399. The summed E-state index contributed by atoms with van der Waals surface area (Å²) in [4.78, 5) is 15.2. The van der Waals surface area contributed by atoms with Gasteiger partial charge in [-0.2, -0.15) is 0 Å². The Labute approximate surface area is 150 Å². The predicted octanol–water partition coefficient (Wildman–Crippen LogP) is 3.99. The molecule has 130 valence electrons. The van der Waals surface area contributed by atoms with Gasteiger partial charge in [0.25, 0.3) is 0 Å². The number of ether oxygens (including phenoxy) is 1. The van der Waals surface area contributed by atoms with Gasteiger partial charge in [-0.15, -0.1) is 0 Å². The van der Waals surface area contributed by atoms with Gasteiger partial charge in [0.15, 0.2) is 0 Å². The summed E-state index contributed by atoms with van der Waals surface area (Å²) in [5.74, 6) is 0.305. The van der Waals surface area contributed by atoms with Gasteiger partial charge in [-0.3, -0.25) is 4.98 Å². The number of carboxylic acids is 1. The van der Waals surface area contributed by atoms with Crippen molar-refractivity contribution in [3.8, 4) is 11.5 Å². The van der Waals surface area contributed by atoms with Gasteiger partial charge in [-0.25, -0.2) is 4.79 Å². The van der Waals surface area contributed by atoms with E-state index in [0.717, 1.165) is 11.3 Å². The lowest BCUT2D eigenvalue weighted by Crippen LogP contribution is -2.09. The smallest absolute Gasteiger partial charge is 0.335 e. The van der Waals surface area contributed by atoms with Crippen LogP contribution in [0.4, 0.5) is 0 Å². The second-order valence-electron chi connectivity index (χ2n) is 5.52. The van der Waals surface area contributed by atoms with Gasteiger partial charge in [0.1, 0.15) is 17.2 Å².